The van der Waals surface area contributed by atoms with Gasteiger partial charge in [-0.3, -0.25) is 9.79 Å². The monoisotopic (exact) mass is 426 g/mol. The van der Waals surface area contributed by atoms with Gasteiger partial charge in [-0.1, -0.05) is 32.0 Å². The van der Waals surface area contributed by atoms with Crippen LogP contribution in [0, 0.1) is 5.92 Å². The zero-order valence-electron chi connectivity index (χ0n) is 18.9. The Kier molecular flexibility index (Phi) is 10.4. The van der Waals surface area contributed by atoms with E-state index >= 15 is 0 Å². The summed E-state index contributed by atoms with van der Waals surface area (Å²) in [7, 11) is 3.41. The molecule has 0 atom stereocenters. The topological polar surface area (TPSA) is 84.0 Å². The number of carbonyl (C=O) groups is 1. The first-order valence-corrected chi connectivity index (χ1v) is 10.6. The van der Waals surface area contributed by atoms with E-state index in [0.29, 0.717) is 38.1 Å². The van der Waals surface area contributed by atoms with Crippen molar-refractivity contribution in [3.63, 3.8) is 0 Å². The maximum atomic E-state index is 12.0. The number of rotatable bonds is 11. The number of guanidine groups is 1. The first kappa shape index (κ1) is 24.2. The minimum absolute atomic E-state index is 0.0295. The molecule has 2 aromatic rings. The molecular weight excluding hydrogens is 392 g/mol. The second kappa shape index (κ2) is 13.3. The van der Waals surface area contributed by atoms with Crippen LogP contribution in [0.2, 0.25) is 0 Å². The summed E-state index contributed by atoms with van der Waals surface area (Å²) in [5.74, 6) is 1.79. The van der Waals surface area contributed by atoms with Crippen molar-refractivity contribution in [3.8, 4) is 5.75 Å². The molecule has 2 aromatic carbocycles. The van der Waals surface area contributed by atoms with Crippen molar-refractivity contribution in [3.05, 3.63) is 54.1 Å². The lowest BCUT2D eigenvalue weighted by Gasteiger charge is -2.14. The van der Waals surface area contributed by atoms with Crippen molar-refractivity contribution in [1.82, 2.24) is 5.32 Å². The van der Waals surface area contributed by atoms with Gasteiger partial charge in [0.05, 0.1) is 6.61 Å². The minimum atomic E-state index is 0.0295. The van der Waals surface area contributed by atoms with Gasteiger partial charge in [0.1, 0.15) is 5.75 Å². The Hall–Kier alpha value is -3.06. The number of carbonyl (C=O) groups excluding carboxylic acids is 1. The Bertz CT molecular complexity index is 852. The van der Waals surface area contributed by atoms with Gasteiger partial charge in [-0.25, -0.2) is 0 Å². The van der Waals surface area contributed by atoms with Gasteiger partial charge in [0.2, 0.25) is 5.91 Å². The second-order valence-electron chi connectivity index (χ2n) is 7.62. The molecule has 2 rings (SSSR count). The smallest absolute Gasteiger partial charge is 0.224 e. The van der Waals surface area contributed by atoms with Crippen LogP contribution < -0.4 is 20.7 Å². The van der Waals surface area contributed by atoms with Crippen molar-refractivity contribution >= 4 is 23.2 Å². The van der Waals surface area contributed by atoms with Gasteiger partial charge in [0, 0.05) is 57.6 Å². The summed E-state index contributed by atoms with van der Waals surface area (Å²) >= 11 is 0. The van der Waals surface area contributed by atoms with Crippen LogP contribution in [0.25, 0.3) is 0 Å². The summed E-state index contributed by atoms with van der Waals surface area (Å²) in [6.07, 6.45) is 1.35. The van der Waals surface area contributed by atoms with Gasteiger partial charge in [-0.2, -0.15) is 0 Å². The Morgan fingerprint density at radius 2 is 1.77 bits per heavy atom. The average Bonchev–Trinajstić information content (AvgIpc) is 2.74. The molecule has 0 saturated heterocycles. The number of ether oxygens (including phenoxy) is 2. The highest BCUT2D eigenvalue weighted by Crippen LogP contribution is 2.18. The molecule has 168 valence electrons. The third kappa shape index (κ3) is 9.53. The first-order chi connectivity index (χ1) is 15.0. The van der Waals surface area contributed by atoms with Crippen molar-refractivity contribution in [1.29, 1.82) is 0 Å². The molecule has 0 spiro atoms. The summed E-state index contributed by atoms with van der Waals surface area (Å²) in [5.41, 5.74) is 2.72. The average molecular weight is 427 g/mol. The molecule has 1 amide bonds. The van der Waals surface area contributed by atoms with Crippen LogP contribution in [0.3, 0.4) is 0 Å². The summed E-state index contributed by atoms with van der Waals surface area (Å²) in [6, 6.07) is 15.6. The van der Waals surface area contributed by atoms with Gasteiger partial charge in [-0.05, 0) is 35.7 Å². The maximum Gasteiger partial charge on any atom is 0.224 e. The number of methoxy groups -OCH3 is 1. The number of anilines is 2. The molecule has 0 aliphatic carbocycles. The largest absolute Gasteiger partial charge is 0.493 e. The molecule has 3 N–H and O–H groups in total. The molecule has 0 radical (unpaired) electrons. The summed E-state index contributed by atoms with van der Waals surface area (Å²) in [4.78, 5) is 16.3. The fraction of sp³-hybridized carbons (Fsp3) is 0.417. The van der Waals surface area contributed by atoms with Crippen molar-refractivity contribution in [2.24, 2.45) is 10.9 Å². The van der Waals surface area contributed by atoms with Crippen LogP contribution in [-0.2, 0) is 16.1 Å². The maximum absolute atomic E-state index is 12.0. The Balaban J connectivity index is 1.88. The van der Waals surface area contributed by atoms with E-state index in [4.69, 9.17) is 9.47 Å². The molecule has 0 saturated carbocycles. The van der Waals surface area contributed by atoms with E-state index in [1.165, 1.54) is 0 Å². The lowest BCUT2D eigenvalue weighted by molar-refractivity contribution is -0.116. The van der Waals surface area contributed by atoms with Crippen molar-refractivity contribution < 1.29 is 14.3 Å². The van der Waals surface area contributed by atoms with E-state index in [-0.39, 0.29) is 5.91 Å². The van der Waals surface area contributed by atoms with Gasteiger partial charge in [-0.15, -0.1) is 0 Å². The molecule has 0 aromatic heterocycles. The third-order valence-corrected chi connectivity index (χ3v) is 4.35. The number of hydrogen-bond donors (Lipinski definition) is 3. The summed E-state index contributed by atoms with van der Waals surface area (Å²) in [5, 5.41) is 9.52. The van der Waals surface area contributed by atoms with E-state index < -0.39 is 0 Å². The molecule has 0 aliphatic rings. The standard InChI is InChI=1S/C24H34N4O3/c1-18(2)14-23(29)27-20-9-5-8-19(15-20)17-26-24(25-3)28-21-10-6-11-22(16-21)31-13-7-12-30-4/h5-6,8-11,15-16,18H,7,12-14,17H2,1-4H3,(H,27,29)(H2,25,26,28). The number of hydrogen-bond acceptors (Lipinski definition) is 4. The van der Waals surface area contributed by atoms with Gasteiger partial charge < -0.3 is 25.4 Å². The van der Waals surface area contributed by atoms with E-state index in [2.05, 4.69) is 20.9 Å². The van der Waals surface area contributed by atoms with Crippen LogP contribution in [0.1, 0.15) is 32.3 Å². The Morgan fingerprint density at radius 1 is 1.03 bits per heavy atom. The van der Waals surface area contributed by atoms with Crippen molar-refractivity contribution in [2.75, 3.05) is 38.0 Å². The number of benzene rings is 2. The summed E-state index contributed by atoms with van der Waals surface area (Å²) < 4.78 is 10.8. The highest BCUT2D eigenvalue weighted by atomic mass is 16.5. The van der Waals surface area contributed by atoms with E-state index in [9.17, 15) is 4.79 Å². The lowest BCUT2D eigenvalue weighted by atomic mass is 10.1. The molecule has 7 nitrogen and oxygen atoms in total. The molecule has 0 aliphatic heterocycles. The van der Waals surface area contributed by atoms with Crippen LogP contribution in [0.4, 0.5) is 11.4 Å². The molecule has 0 fully saturated rings. The predicted octanol–water partition coefficient (Wildman–Crippen LogP) is 4.27. The zero-order valence-corrected chi connectivity index (χ0v) is 18.9. The third-order valence-electron chi connectivity index (χ3n) is 4.35. The molecular formula is C24H34N4O3. The Morgan fingerprint density at radius 3 is 2.48 bits per heavy atom. The molecule has 0 heterocycles. The molecule has 0 unspecified atom stereocenters. The predicted molar refractivity (Wildman–Crippen MR) is 127 cm³/mol. The highest BCUT2D eigenvalue weighted by Gasteiger charge is 2.06. The second-order valence-corrected chi connectivity index (χ2v) is 7.62. The Labute approximate surface area is 185 Å². The molecule has 0 bridgehead atoms. The fourth-order valence-corrected chi connectivity index (χ4v) is 2.90. The summed E-state index contributed by atoms with van der Waals surface area (Å²) in [6.45, 7) is 5.91. The van der Waals surface area contributed by atoms with Crippen LogP contribution >= 0.6 is 0 Å². The van der Waals surface area contributed by atoms with Crippen LogP contribution in [-0.4, -0.2) is 39.2 Å². The van der Waals surface area contributed by atoms with E-state index in [0.717, 1.165) is 29.1 Å². The van der Waals surface area contributed by atoms with Gasteiger partial charge in [0.25, 0.3) is 0 Å². The van der Waals surface area contributed by atoms with Gasteiger partial charge in [0.15, 0.2) is 5.96 Å². The normalized spacial score (nSPS) is 11.3. The highest BCUT2D eigenvalue weighted by molar-refractivity contribution is 5.93. The zero-order chi connectivity index (χ0) is 22.5. The molecule has 31 heavy (non-hydrogen) atoms. The van der Waals surface area contributed by atoms with Crippen LogP contribution in [0.15, 0.2) is 53.5 Å². The van der Waals surface area contributed by atoms with Gasteiger partial charge >= 0.3 is 0 Å². The quantitative estimate of drug-likeness (QED) is 0.284. The minimum Gasteiger partial charge on any atom is -0.493 e. The lowest BCUT2D eigenvalue weighted by Crippen LogP contribution is -2.30. The number of aliphatic imine (C=N–C) groups is 1. The number of nitrogens with one attached hydrogen (secondary N) is 3. The van der Waals surface area contributed by atoms with Crippen molar-refractivity contribution in [2.45, 2.75) is 33.2 Å². The number of nitrogens with zero attached hydrogens (tertiary/aromatic N) is 1. The first-order valence-electron chi connectivity index (χ1n) is 10.6. The molecule has 7 heteroatoms. The fourth-order valence-electron chi connectivity index (χ4n) is 2.90. The number of amides is 1. The van der Waals surface area contributed by atoms with E-state index in [1.807, 2.05) is 62.4 Å². The SMILES string of the molecule is CN=C(NCc1cccc(NC(=O)CC(C)C)c1)Nc1cccc(OCCCOC)c1. The van der Waals surface area contributed by atoms with E-state index in [1.54, 1.807) is 14.2 Å². The van der Waals surface area contributed by atoms with Crippen LogP contribution in [0.5, 0.6) is 5.75 Å².